The second-order valence-electron chi connectivity index (χ2n) is 10.4. The van der Waals surface area contributed by atoms with Crippen LogP contribution >= 0.6 is 0 Å². The van der Waals surface area contributed by atoms with E-state index in [0.29, 0.717) is 0 Å². The number of amides is 2. The van der Waals surface area contributed by atoms with Gasteiger partial charge in [-0.3, -0.25) is 9.59 Å². The Balaban J connectivity index is 1.87. The second kappa shape index (κ2) is 14.6. The minimum atomic E-state index is -2.03. The first-order valence-electron chi connectivity index (χ1n) is 13.3. The van der Waals surface area contributed by atoms with E-state index in [2.05, 4.69) is 10.6 Å². The summed E-state index contributed by atoms with van der Waals surface area (Å²) >= 11 is 0. The fraction of sp³-hybridized carbons (Fsp3) is 0.875. The standard InChI is InChI=1S/C24H40N2O16/c1-7-12(25-8(2)29)19(15(32)10(5-27)38-7)40-24-17(34)16(33)20(21(42-24)22(35)36)41-23-13(26-9(3)30)18(37-4)14(31)11(6-28)39-23/h7,10-21,23-24,27-28,31-34H,5-6H2,1-4H3,(H,25,29)(H,26,30)(H,35,36). The van der Waals surface area contributed by atoms with Gasteiger partial charge in [0, 0.05) is 21.0 Å². The first-order valence-corrected chi connectivity index (χ1v) is 13.3. The van der Waals surface area contributed by atoms with Crippen LogP contribution in [0.2, 0.25) is 0 Å². The minimum Gasteiger partial charge on any atom is -0.479 e. The molecule has 3 heterocycles. The summed E-state index contributed by atoms with van der Waals surface area (Å²) in [5.74, 6) is -2.79. The predicted molar refractivity (Wildman–Crippen MR) is 133 cm³/mol. The van der Waals surface area contributed by atoms with Crippen molar-refractivity contribution in [1.29, 1.82) is 0 Å². The van der Waals surface area contributed by atoms with Crippen LogP contribution in [-0.4, -0.2) is 166 Å². The van der Waals surface area contributed by atoms with Crippen molar-refractivity contribution in [2.24, 2.45) is 0 Å². The largest absolute Gasteiger partial charge is 0.479 e. The molecule has 42 heavy (non-hydrogen) atoms. The number of hydrogen-bond donors (Lipinski definition) is 9. The van der Waals surface area contributed by atoms with Crippen LogP contribution in [0.1, 0.15) is 20.8 Å². The summed E-state index contributed by atoms with van der Waals surface area (Å²) in [4.78, 5) is 35.9. The fourth-order valence-electron chi connectivity index (χ4n) is 5.35. The summed E-state index contributed by atoms with van der Waals surface area (Å²) in [6, 6.07) is -2.29. The van der Waals surface area contributed by atoms with Crippen LogP contribution in [-0.2, 0) is 42.8 Å². The normalized spacial score (nSPS) is 44.3. The molecular weight excluding hydrogens is 572 g/mol. The van der Waals surface area contributed by atoms with Crippen molar-refractivity contribution < 1.29 is 78.6 Å². The van der Waals surface area contributed by atoms with Crippen molar-refractivity contribution in [1.82, 2.24) is 10.6 Å². The van der Waals surface area contributed by atoms with Gasteiger partial charge in [-0.2, -0.15) is 0 Å². The number of aliphatic hydroxyl groups is 6. The van der Waals surface area contributed by atoms with Crippen LogP contribution in [0.15, 0.2) is 0 Å². The molecule has 242 valence electrons. The van der Waals surface area contributed by atoms with E-state index >= 15 is 0 Å². The van der Waals surface area contributed by atoms with E-state index in [1.165, 1.54) is 21.0 Å². The Hall–Kier alpha value is -2.07. The summed E-state index contributed by atoms with van der Waals surface area (Å²) in [5.41, 5.74) is 0. The zero-order valence-corrected chi connectivity index (χ0v) is 23.4. The highest BCUT2D eigenvalue weighted by Crippen LogP contribution is 2.33. The number of ether oxygens (including phenoxy) is 6. The molecule has 3 aliphatic heterocycles. The van der Waals surface area contributed by atoms with Gasteiger partial charge in [0.15, 0.2) is 18.7 Å². The van der Waals surface area contributed by atoms with Crippen molar-refractivity contribution in [3.63, 3.8) is 0 Å². The first kappa shape index (κ1) is 34.4. The summed E-state index contributed by atoms with van der Waals surface area (Å²) in [6.07, 6.45) is -20.3. The monoisotopic (exact) mass is 612 g/mol. The van der Waals surface area contributed by atoms with Gasteiger partial charge in [0.2, 0.25) is 11.8 Å². The van der Waals surface area contributed by atoms with Crippen LogP contribution < -0.4 is 10.6 Å². The predicted octanol–water partition coefficient (Wildman–Crippen LogP) is -5.47. The Morgan fingerprint density at radius 2 is 1.24 bits per heavy atom. The van der Waals surface area contributed by atoms with Gasteiger partial charge in [0.1, 0.15) is 61.0 Å². The fourth-order valence-corrected chi connectivity index (χ4v) is 5.35. The Labute approximate surface area is 240 Å². The minimum absolute atomic E-state index is 0.525. The van der Waals surface area contributed by atoms with Gasteiger partial charge in [0.25, 0.3) is 0 Å². The van der Waals surface area contributed by atoms with Gasteiger partial charge in [-0.05, 0) is 6.92 Å². The van der Waals surface area contributed by atoms with Crippen molar-refractivity contribution >= 4 is 17.8 Å². The van der Waals surface area contributed by atoms with Gasteiger partial charge in [-0.15, -0.1) is 0 Å². The molecule has 15 unspecified atom stereocenters. The highest BCUT2D eigenvalue weighted by molar-refractivity contribution is 5.74. The molecule has 0 aromatic rings. The van der Waals surface area contributed by atoms with Crippen LogP contribution in [0.5, 0.6) is 0 Å². The molecule has 3 rings (SSSR count). The van der Waals surface area contributed by atoms with Crippen LogP contribution in [0.25, 0.3) is 0 Å². The third-order valence-electron chi connectivity index (χ3n) is 7.38. The molecule has 15 atom stereocenters. The highest BCUT2D eigenvalue weighted by Gasteiger charge is 2.55. The summed E-state index contributed by atoms with van der Waals surface area (Å²) in [6.45, 7) is 2.53. The number of carboxylic acid groups (broad SMARTS) is 1. The molecule has 0 saturated carbocycles. The van der Waals surface area contributed by atoms with E-state index in [1.54, 1.807) is 0 Å². The number of carboxylic acids is 1. The lowest BCUT2D eigenvalue weighted by Crippen LogP contribution is -2.69. The van der Waals surface area contributed by atoms with Crippen molar-refractivity contribution in [3.05, 3.63) is 0 Å². The molecule has 2 amide bonds. The molecule has 0 bridgehead atoms. The quantitative estimate of drug-likeness (QED) is 0.111. The number of hydrogen-bond acceptors (Lipinski definition) is 15. The summed E-state index contributed by atoms with van der Waals surface area (Å²) in [7, 11) is 1.21. The topological polar surface area (TPSA) is 272 Å². The summed E-state index contributed by atoms with van der Waals surface area (Å²) in [5, 5.41) is 77.4. The molecule has 9 N–H and O–H groups in total. The number of carbonyl (C=O) groups excluding carboxylic acids is 2. The van der Waals surface area contributed by atoms with E-state index in [4.69, 9.17) is 28.4 Å². The highest BCUT2D eigenvalue weighted by atomic mass is 16.7. The third kappa shape index (κ3) is 7.34. The average Bonchev–Trinajstić information content (AvgIpc) is 2.92. The Morgan fingerprint density at radius 3 is 1.76 bits per heavy atom. The molecule has 3 saturated heterocycles. The lowest BCUT2D eigenvalue weighted by atomic mass is 9.92. The maximum Gasteiger partial charge on any atom is 0.335 e. The van der Waals surface area contributed by atoms with E-state index in [-0.39, 0.29) is 0 Å². The third-order valence-corrected chi connectivity index (χ3v) is 7.38. The first-order chi connectivity index (χ1) is 19.7. The molecule has 18 heteroatoms. The number of methoxy groups -OCH3 is 1. The number of aliphatic carboxylic acids is 1. The molecule has 0 aliphatic carbocycles. The number of nitrogens with one attached hydrogen (secondary N) is 2. The van der Waals surface area contributed by atoms with Gasteiger partial charge >= 0.3 is 5.97 Å². The number of aliphatic hydroxyl groups excluding tert-OH is 6. The van der Waals surface area contributed by atoms with E-state index in [1.807, 2.05) is 0 Å². The molecule has 3 fully saturated rings. The maximum absolute atomic E-state index is 12.2. The average molecular weight is 613 g/mol. The Kier molecular flexibility index (Phi) is 12.0. The maximum atomic E-state index is 12.2. The van der Waals surface area contributed by atoms with Crippen molar-refractivity contribution in [3.8, 4) is 0 Å². The molecule has 0 spiro atoms. The van der Waals surface area contributed by atoms with E-state index in [0.717, 1.165) is 6.92 Å². The van der Waals surface area contributed by atoms with Crippen LogP contribution in [0.4, 0.5) is 0 Å². The lowest BCUT2D eigenvalue weighted by molar-refractivity contribution is -0.354. The molecule has 0 aromatic carbocycles. The number of rotatable bonds is 10. The van der Waals surface area contributed by atoms with Gasteiger partial charge in [-0.1, -0.05) is 0 Å². The zero-order valence-electron chi connectivity index (χ0n) is 23.4. The summed E-state index contributed by atoms with van der Waals surface area (Å²) < 4.78 is 33.3. The smallest absolute Gasteiger partial charge is 0.335 e. The lowest BCUT2D eigenvalue weighted by Gasteiger charge is -2.49. The van der Waals surface area contributed by atoms with E-state index < -0.39 is 123 Å². The second-order valence-corrected chi connectivity index (χ2v) is 10.4. The molecule has 0 aromatic heterocycles. The SMILES string of the molecule is COC1C(O)C(CO)OC(OC2C(C(=O)O)OC(OC3C(O)C(CO)OC(C)C3NC(C)=O)C(O)C2O)C1NC(C)=O. The van der Waals surface area contributed by atoms with Gasteiger partial charge < -0.3 is 74.8 Å². The van der Waals surface area contributed by atoms with Crippen LogP contribution in [0.3, 0.4) is 0 Å². The Morgan fingerprint density at radius 1 is 0.714 bits per heavy atom. The Bertz CT molecular complexity index is 942. The molecular formula is C24H40N2O16. The zero-order chi connectivity index (χ0) is 31.5. The van der Waals surface area contributed by atoms with Gasteiger partial charge in [0.05, 0.1) is 25.4 Å². The van der Waals surface area contributed by atoms with Crippen molar-refractivity contribution in [2.45, 2.75) is 113 Å². The van der Waals surface area contributed by atoms with E-state index in [9.17, 15) is 50.1 Å². The molecule has 0 radical (unpaired) electrons. The molecule has 3 aliphatic rings. The molecule has 18 nitrogen and oxygen atoms in total. The van der Waals surface area contributed by atoms with Crippen LogP contribution in [0, 0.1) is 0 Å². The van der Waals surface area contributed by atoms with Crippen molar-refractivity contribution in [2.75, 3.05) is 20.3 Å². The van der Waals surface area contributed by atoms with Gasteiger partial charge in [-0.25, -0.2) is 4.79 Å². The number of carbonyl (C=O) groups is 3.